The first-order valence-corrected chi connectivity index (χ1v) is 13.6. The predicted octanol–water partition coefficient (Wildman–Crippen LogP) is 4.13. The molecule has 3 aromatic rings. The number of benzene rings is 3. The van der Waals surface area contributed by atoms with Crippen LogP contribution in [0.5, 0.6) is 0 Å². The van der Waals surface area contributed by atoms with Crippen molar-refractivity contribution in [2.45, 2.75) is 37.5 Å². The molecule has 3 aromatic carbocycles. The summed E-state index contributed by atoms with van der Waals surface area (Å²) in [7, 11) is -7.45. The molecule has 0 radical (unpaired) electrons. The molecule has 0 amide bonds. The first-order chi connectivity index (χ1) is 15.5. The molecule has 0 saturated heterocycles. The van der Waals surface area contributed by atoms with Crippen LogP contribution in [0.25, 0.3) is 0 Å². The summed E-state index contributed by atoms with van der Waals surface area (Å²) in [5, 5.41) is 0. The van der Waals surface area contributed by atoms with Gasteiger partial charge >= 0.3 is 0 Å². The van der Waals surface area contributed by atoms with E-state index in [1.54, 1.807) is 12.1 Å². The maximum absolute atomic E-state index is 13.2. The lowest BCUT2D eigenvalue weighted by atomic mass is 10.0. The van der Waals surface area contributed by atoms with E-state index in [1.807, 2.05) is 38.1 Å². The van der Waals surface area contributed by atoms with Crippen molar-refractivity contribution >= 4 is 25.7 Å². The SMILES string of the molecule is Cc1ccc(C)c(CS(=O)(=O)Nc2ccc3c(c2)CN(S(=O)(=O)c2ccc(F)cc2)CC3)c1. The molecular formula is C24H25FN2O4S2. The van der Waals surface area contributed by atoms with Crippen molar-refractivity contribution in [3.63, 3.8) is 0 Å². The number of hydrogen-bond acceptors (Lipinski definition) is 4. The number of nitrogens with one attached hydrogen (secondary N) is 1. The summed E-state index contributed by atoms with van der Waals surface area (Å²) >= 11 is 0. The summed E-state index contributed by atoms with van der Waals surface area (Å²) in [5.74, 6) is -0.654. The summed E-state index contributed by atoms with van der Waals surface area (Å²) in [6.07, 6.45) is 0.505. The van der Waals surface area contributed by atoms with E-state index in [9.17, 15) is 21.2 Å². The Morgan fingerprint density at radius 2 is 1.64 bits per heavy atom. The Bertz CT molecular complexity index is 1400. The lowest BCUT2D eigenvalue weighted by molar-refractivity contribution is 0.391. The molecule has 0 bridgehead atoms. The molecule has 174 valence electrons. The summed E-state index contributed by atoms with van der Waals surface area (Å²) < 4.78 is 68.7. The molecule has 33 heavy (non-hydrogen) atoms. The zero-order chi connectivity index (χ0) is 23.8. The van der Waals surface area contributed by atoms with Crippen molar-refractivity contribution in [2.24, 2.45) is 0 Å². The van der Waals surface area contributed by atoms with E-state index in [-0.39, 0.29) is 17.2 Å². The maximum atomic E-state index is 13.2. The molecule has 4 rings (SSSR count). The van der Waals surface area contributed by atoms with Crippen LogP contribution in [-0.2, 0) is 38.8 Å². The average Bonchev–Trinajstić information content (AvgIpc) is 2.75. The lowest BCUT2D eigenvalue weighted by Gasteiger charge is -2.28. The van der Waals surface area contributed by atoms with Crippen LogP contribution in [0.3, 0.4) is 0 Å². The van der Waals surface area contributed by atoms with Gasteiger partial charge < -0.3 is 0 Å². The number of hydrogen-bond donors (Lipinski definition) is 1. The second-order valence-electron chi connectivity index (χ2n) is 8.32. The highest BCUT2D eigenvalue weighted by molar-refractivity contribution is 7.92. The Balaban J connectivity index is 1.54. The van der Waals surface area contributed by atoms with E-state index in [0.29, 0.717) is 18.7 Å². The number of aryl methyl sites for hydroxylation is 2. The van der Waals surface area contributed by atoms with Gasteiger partial charge in [0, 0.05) is 18.8 Å². The quantitative estimate of drug-likeness (QED) is 0.566. The van der Waals surface area contributed by atoms with Crippen LogP contribution in [0.15, 0.2) is 65.6 Å². The Kier molecular flexibility index (Phi) is 6.30. The van der Waals surface area contributed by atoms with Crippen LogP contribution in [0.2, 0.25) is 0 Å². The van der Waals surface area contributed by atoms with Gasteiger partial charge in [-0.2, -0.15) is 4.31 Å². The van der Waals surface area contributed by atoms with Gasteiger partial charge in [0.25, 0.3) is 0 Å². The molecule has 0 saturated carbocycles. The summed E-state index contributed by atoms with van der Waals surface area (Å²) in [6, 6.07) is 15.6. The number of anilines is 1. The second-order valence-corrected chi connectivity index (χ2v) is 12.0. The van der Waals surface area contributed by atoms with Crippen LogP contribution in [-0.4, -0.2) is 27.7 Å². The standard InChI is InChI=1S/C24H25FN2O4S2/c1-17-3-4-18(2)21(13-17)16-32(28,29)26-23-8-5-19-11-12-27(15-20(19)14-23)33(30,31)24-9-6-22(25)7-10-24/h3-10,13-14,26H,11-12,15-16H2,1-2H3. The fourth-order valence-corrected chi connectivity index (χ4v) is 6.63. The fraction of sp³-hybridized carbons (Fsp3) is 0.250. The van der Waals surface area contributed by atoms with E-state index in [0.717, 1.165) is 39.9 Å². The second kappa shape index (κ2) is 8.89. The number of fused-ring (bicyclic) bond motifs is 1. The summed E-state index contributed by atoms with van der Waals surface area (Å²) in [5.41, 5.74) is 4.72. The highest BCUT2D eigenvalue weighted by atomic mass is 32.2. The van der Waals surface area contributed by atoms with Crippen molar-refractivity contribution in [3.8, 4) is 0 Å². The highest BCUT2D eigenvalue weighted by Crippen LogP contribution is 2.28. The van der Waals surface area contributed by atoms with Gasteiger partial charge in [0.05, 0.1) is 10.6 Å². The molecule has 6 nitrogen and oxygen atoms in total. The Morgan fingerprint density at radius 1 is 0.909 bits per heavy atom. The lowest BCUT2D eigenvalue weighted by Crippen LogP contribution is -2.36. The van der Waals surface area contributed by atoms with Crippen LogP contribution in [0.4, 0.5) is 10.1 Å². The van der Waals surface area contributed by atoms with E-state index in [4.69, 9.17) is 0 Å². The predicted molar refractivity (Wildman–Crippen MR) is 126 cm³/mol. The highest BCUT2D eigenvalue weighted by Gasteiger charge is 2.28. The topological polar surface area (TPSA) is 83.6 Å². The fourth-order valence-electron chi connectivity index (χ4n) is 3.93. The van der Waals surface area contributed by atoms with Crippen LogP contribution in [0, 0.1) is 19.7 Å². The third-order valence-corrected chi connectivity index (χ3v) is 8.86. The molecule has 0 fully saturated rings. The van der Waals surface area contributed by atoms with Gasteiger partial charge in [0.2, 0.25) is 20.0 Å². The van der Waals surface area contributed by atoms with E-state index in [2.05, 4.69) is 4.72 Å². The smallest absolute Gasteiger partial charge is 0.243 e. The molecule has 1 heterocycles. The molecular weight excluding hydrogens is 463 g/mol. The van der Waals surface area contributed by atoms with Gasteiger partial charge in [-0.3, -0.25) is 4.72 Å². The first-order valence-electron chi connectivity index (χ1n) is 10.5. The van der Waals surface area contributed by atoms with Crippen molar-refractivity contribution in [1.29, 1.82) is 0 Å². The normalized spacial score (nSPS) is 14.6. The molecule has 0 atom stereocenters. The maximum Gasteiger partial charge on any atom is 0.243 e. The van der Waals surface area contributed by atoms with Crippen molar-refractivity contribution in [3.05, 3.63) is 94.3 Å². The molecule has 1 aliphatic rings. The molecule has 1 aliphatic heterocycles. The van der Waals surface area contributed by atoms with Crippen molar-refractivity contribution in [1.82, 2.24) is 4.31 Å². The van der Waals surface area contributed by atoms with E-state index in [1.165, 1.54) is 16.4 Å². The van der Waals surface area contributed by atoms with Gasteiger partial charge in [-0.15, -0.1) is 0 Å². The Morgan fingerprint density at radius 3 is 2.36 bits per heavy atom. The molecule has 0 aromatic heterocycles. The minimum atomic E-state index is -3.79. The van der Waals surface area contributed by atoms with Crippen LogP contribution < -0.4 is 4.72 Å². The molecule has 1 N–H and O–H groups in total. The number of sulfonamides is 2. The summed E-state index contributed by atoms with van der Waals surface area (Å²) in [6.45, 7) is 4.20. The molecule has 9 heteroatoms. The summed E-state index contributed by atoms with van der Waals surface area (Å²) in [4.78, 5) is 0.0257. The largest absolute Gasteiger partial charge is 0.283 e. The number of halogens is 1. The van der Waals surface area contributed by atoms with Gasteiger partial charge in [-0.05, 0) is 78.9 Å². The van der Waals surface area contributed by atoms with Gasteiger partial charge in [-0.1, -0.05) is 29.8 Å². The number of rotatable bonds is 6. The third-order valence-electron chi connectivity index (χ3n) is 5.76. The Labute approximate surface area is 194 Å². The van der Waals surface area contributed by atoms with Crippen LogP contribution >= 0.6 is 0 Å². The number of nitrogens with zero attached hydrogens (tertiary/aromatic N) is 1. The van der Waals surface area contributed by atoms with Gasteiger partial charge in [0.1, 0.15) is 5.82 Å². The molecule has 0 unspecified atom stereocenters. The van der Waals surface area contributed by atoms with Gasteiger partial charge in [0.15, 0.2) is 0 Å². The third kappa shape index (κ3) is 5.26. The monoisotopic (exact) mass is 488 g/mol. The zero-order valence-electron chi connectivity index (χ0n) is 18.4. The first kappa shape index (κ1) is 23.4. The minimum absolute atomic E-state index is 0.0257. The van der Waals surface area contributed by atoms with Crippen LogP contribution in [0.1, 0.15) is 27.8 Å². The zero-order valence-corrected chi connectivity index (χ0v) is 20.0. The molecule has 0 spiro atoms. The van der Waals surface area contributed by atoms with E-state index < -0.39 is 25.9 Å². The molecule has 0 aliphatic carbocycles. The minimum Gasteiger partial charge on any atom is -0.283 e. The van der Waals surface area contributed by atoms with Crippen molar-refractivity contribution in [2.75, 3.05) is 11.3 Å². The van der Waals surface area contributed by atoms with E-state index >= 15 is 0 Å². The Hall–Kier alpha value is -2.75. The van der Waals surface area contributed by atoms with Crippen molar-refractivity contribution < 1.29 is 21.2 Å². The van der Waals surface area contributed by atoms with Gasteiger partial charge in [-0.25, -0.2) is 21.2 Å². The average molecular weight is 489 g/mol.